The van der Waals surface area contributed by atoms with Crippen LogP contribution in [0.25, 0.3) is 0 Å². The van der Waals surface area contributed by atoms with Crippen LogP contribution in [0.3, 0.4) is 0 Å². The molecule has 1 aromatic rings. The lowest BCUT2D eigenvalue weighted by atomic mass is 10.2. The highest BCUT2D eigenvalue weighted by atomic mass is 16.6. The number of morpholine rings is 1. The minimum Gasteiger partial charge on any atom is -0.399 e. The van der Waals surface area contributed by atoms with E-state index in [-0.39, 0.29) is 0 Å². The molecule has 2 heterocycles. The van der Waals surface area contributed by atoms with E-state index in [1.165, 1.54) is 6.26 Å². The zero-order valence-electron chi connectivity index (χ0n) is 8.48. The minimum absolute atomic E-state index is 0.577. The van der Waals surface area contributed by atoms with Crippen molar-refractivity contribution in [1.29, 1.82) is 0 Å². The summed E-state index contributed by atoms with van der Waals surface area (Å²) in [6, 6.07) is 0. The first-order valence-electron chi connectivity index (χ1n) is 5.04. The van der Waals surface area contributed by atoms with Crippen LogP contribution in [0.15, 0.2) is 19.9 Å². The molecule has 0 atom stereocenters. The van der Waals surface area contributed by atoms with E-state index in [9.17, 15) is 4.79 Å². The Bertz CT molecular complexity index is 337. The second kappa shape index (κ2) is 5.14. The molecule has 0 bridgehead atoms. The predicted octanol–water partition coefficient (Wildman–Crippen LogP) is 0.312. The van der Waals surface area contributed by atoms with Crippen LogP contribution < -0.4 is 5.82 Å². The molecule has 5 nitrogen and oxygen atoms in total. The van der Waals surface area contributed by atoms with Gasteiger partial charge in [-0.3, -0.25) is 4.90 Å². The van der Waals surface area contributed by atoms with E-state index in [0.717, 1.165) is 32.8 Å². The minimum atomic E-state index is -0.634. The van der Waals surface area contributed by atoms with Gasteiger partial charge < -0.3 is 13.6 Å². The van der Waals surface area contributed by atoms with Gasteiger partial charge in [-0.15, -0.1) is 0 Å². The van der Waals surface area contributed by atoms with Gasteiger partial charge in [-0.05, 0) is 6.42 Å². The highest BCUT2D eigenvalue weighted by Crippen LogP contribution is 2.02. The van der Waals surface area contributed by atoms with Crippen LogP contribution in [-0.4, -0.2) is 37.7 Å². The molecule has 2 rings (SSSR count). The van der Waals surface area contributed by atoms with E-state index in [2.05, 4.69) is 15.7 Å². The van der Waals surface area contributed by atoms with Crippen molar-refractivity contribution in [3.63, 3.8) is 0 Å². The fraction of sp³-hybridized carbons (Fsp3) is 0.600. The van der Waals surface area contributed by atoms with Crippen LogP contribution >= 0.6 is 0 Å². The molecule has 0 spiro atoms. The van der Waals surface area contributed by atoms with Crippen molar-refractivity contribution in [1.82, 2.24) is 4.90 Å². The van der Waals surface area contributed by atoms with E-state index in [1.807, 2.05) is 0 Å². The maximum absolute atomic E-state index is 10.6. The average molecular weight is 212 g/mol. The maximum atomic E-state index is 10.6. The zero-order valence-corrected chi connectivity index (χ0v) is 8.48. The van der Waals surface area contributed by atoms with Crippen LogP contribution in [0.2, 0.25) is 0 Å². The summed E-state index contributed by atoms with van der Waals surface area (Å²) >= 11 is 0. The molecule has 1 saturated heterocycles. The van der Waals surface area contributed by atoms with Crippen molar-refractivity contribution in [3.8, 4) is 0 Å². The Morgan fingerprint density at radius 1 is 1.40 bits per heavy atom. The van der Waals surface area contributed by atoms with E-state index in [4.69, 9.17) is 9.15 Å². The van der Waals surface area contributed by atoms with E-state index in [1.54, 1.807) is 0 Å². The van der Waals surface area contributed by atoms with Crippen LogP contribution in [-0.2, 0) is 11.2 Å². The highest BCUT2D eigenvalue weighted by Gasteiger charge is 2.10. The second-order valence-corrected chi connectivity index (χ2v) is 3.46. The van der Waals surface area contributed by atoms with Gasteiger partial charge in [0.1, 0.15) is 12.0 Å². The first-order chi connectivity index (χ1) is 7.34. The molecule has 0 saturated carbocycles. The van der Waals surface area contributed by atoms with Crippen molar-refractivity contribution >= 4 is 0 Å². The molecule has 1 fully saturated rings. The molecule has 1 aromatic heterocycles. The van der Waals surface area contributed by atoms with Crippen molar-refractivity contribution in [2.24, 2.45) is 0 Å². The molecular formula is C10H14NO4. The molecule has 15 heavy (non-hydrogen) atoms. The number of nitrogens with zero attached hydrogens (tertiary/aromatic N) is 1. The third kappa shape index (κ3) is 3.21. The van der Waals surface area contributed by atoms with Gasteiger partial charge in [0.25, 0.3) is 0 Å². The quantitative estimate of drug-likeness (QED) is 0.719. The van der Waals surface area contributed by atoms with Gasteiger partial charge in [0.15, 0.2) is 0 Å². The first kappa shape index (κ1) is 10.4. The first-order valence-corrected chi connectivity index (χ1v) is 5.04. The summed E-state index contributed by atoms with van der Waals surface area (Å²) in [4.78, 5) is 12.9. The Kier molecular flexibility index (Phi) is 3.58. The van der Waals surface area contributed by atoms with Gasteiger partial charge in [-0.25, -0.2) is 4.79 Å². The van der Waals surface area contributed by atoms with Crippen LogP contribution in [0.4, 0.5) is 0 Å². The number of hydrogen-bond acceptors (Lipinski definition) is 5. The summed E-state index contributed by atoms with van der Waals surface area (Å²) in [6.07, 6.45) is 4.06. The molecule has 1 aliphatic rings. The smallest absolute Gasteiger partial charge is 0.399 e. The molecule has 83 valence electrons. The molecular weight excluding hydrogens is 198 g/mol. The van der Waals surface area contributed by atoms with Gasteiger partial charge in [-0.1, -0.05) is 0 Å². The Morgan fingerprint density at radius 2 is 2.20 bits per heavy atom. The monoisotopic (exact) mass is 212 g/mol. The van der Waals surface area contributed by atoms with E-state index in [0.29, 0.717) is 12.2 Å². The van der Waals surface area contributed by atoms with Crippen LogP contribution in [0.1, 0.15) is 5.76 Å². The summed E-state index contributed by atoms with van der Waals surface area (Å²) in [5, 5.41) is 0. The standard InChI is InChI=1S/C10H14NO4/c12-10-14-8-9(15-10)2-1-3-11-4-6-13-7-5-11/h1,8H,2-7H2. The molecule has 0 amide bonds. The fourth-order valence-electron chi connectivity index (χ4n) is 1.53. The predicted molar refractivity (Wildman–Crippen MR) is 52.5 cm³/mol. The van der Waals surface area contributed by atoms with Gasteiger partial charge in [-0.2, -0.15) is 0 Å². The van der Waals surface area contributed by atoms with Crippen molar-refractivity contribution in [2.75, 3.05) is 32.8 Å². The van der Waals surface area contributed by atoms with Gasteiger partial charge in [0, 0.05) is 26.1 Å². The molecule has 5 heteroatoms. The largest absolute Gasteiger partial charge is 0.518 e. The van der Waals surface area contributed by atoms with Crippen LogP contribution in [0.5, 0.6) is 0 Å². The van der Waals surface area contributed by atoms with Gasteiger partial charge >= 0.3 is 5.82 Å². The molecule has 0 unspecified atom stereocenters. The van der Waals surface area contributed by atoms with Crippen LogP contribution in [0, 0.1) is 6.42 Å². The van der Waals surface area contributed by atoms with E-state index >= 15 is 0 Å². The Morgan fingerprint density at radius 3 is 2.87 bits per heavy atom. The summed E-state index contributed by atoms with van der Waals surface area (Å²) in [5.74, 6) is -0.0574. The Labute approximate surface area is 87.6 Å². The van der Waals surface area contributed by atoms with Crippen molar-refractivity contribution in [2.45, 2.75) is 6.42 Å². The zero-order chi connectivity index (χ0) is 10.5. The Hall–Kier alpha value is -1.07. The topological polar surface area (TPSA) is 55.8 Å². The second-order valence-electron chi connectivity index (χ2n) is 3.46. The number of hydrogen-bond donors (Lipinski definition) is 0. The third-order valence-corrected chi connectivity index (χ3v) is 2.34. The molecule has 1 aliphatic heterocycles. The van der Waals surface area contributed by atoms with E-state index < -0.39 is 5.82 Å². The summed E-state index contributed by atoms with van der Waals surface area (Å²) in [6.45, 7) is 4.42. The normalized spacial score (nSPS) is 18.1. The summed E-state index contributed by atoms with van der Waals surface area (Å²) in [5.41, 5.74) is 0. The lowest BCUT2D eigenvalue weighted by Crippen LogP contribution is -2.37. The fourth-order valence-corrected chi connectivity index (χ4v) is 1.53. The number of rotatable bonds is 4. The van der Waals surface area contributed by atoms with Gasteiger partial charge in [0.05, 0.1) is 13.2 Å². The lowest BCUT2D eigenvalue weighted by molar-refractivity contribution is 0.0416. The van der Waals surface area contributed by atoms with Crippen molar-refractivity contribution < 1.29 is 13.6 Å². The molecule has 0 aliphatic carbocycles. The average Bonchev–Trinajstić information content (AvgIpc) is 2.66. The molecule has 0 N–H and O–H groups in total. The SMILES string of the molecule is O=c1occ(C[CH]CN2CCOCC2)o1. The summed E-state index contributed by atoms with van der Waals surface area (Å²) in [7, 11) is 0. The molecule has 1 radical (unpaired) electrons. The third-order valence-electron chi connectivity index (χ3n) is 2.34. The van der Waals surface area contributed by atoms with Gasteiger partial charge in [0.2, 0.25) is 0 Å². The summed E-state index contributed by atoms with van der Waals surface area (Å²) < 4.78 is 14.5. The Balaban J connectivity index is 1.68. The maximum Gasteiger partial charge on any atom is 0.518 e. The van der Waals surface area contributed by atoms with Crippen molar-refractivity contribution in [3.05, 3.63) is 29.1 Å². The lowest BCUT2D eigenvalue weighted by Gasteiger charge is -2.26. The highest BCUT2D eigenvalue weighted by molar-refractivity contribution is 4.92. The molecule has 0 aromatic carbocycles. The number of ether oxygens (including phenoxy) is 1.